The van der Waals surface area contributed by atoms with E-state index in [9.17, 15) is 4.79 Å². The van der Waals surface area contributed by atoms with Gasteiger partial charge in [0, 0.05) is 7.05 Å². The van der Waals surface area contributed by atoms with Gasteiger partial charge < -0.3 is 5.32 Å². The van der Waals surface area contributed by atoms with Crippen LogP contribution in [0, 0.1) is 11.8 Å². The summed E-state index contributed by atoms with van der Waals surface area (Å²) < 4.78 is 0. The topological polar surface area (TPSA) is 53.5 Å². The van der Waals surface area contributed by atoms with Crippen LogP contribution in [0.4, 0.5) is 0 Å². The van der Waals surface area contributed by atoms with Crippen molar-refractivity contribution in [2.45, 2.75) is 38.6 Å². The molecule has 0 aromatic heterocycles. The number of hydrogen-bond acceptors (Lipinski definition) is 2. The maximum Gasteiger partial charge on any atom is 0.249 e. The number of guanidine groups is 1. The largest absolute Gasteiger partial charge is 0.344 e. The smallest absolute Gasteiger partial charge is 0.249 e. The van der Waals surface area contributed by atoms with Gasteiger partial charge in [-0.15, -0.1) is 0 Å². The summed E-state index contributed by atoms with van der Waals surface area (Å²) in [6, 6.07) is -0.0452. The molecule has 84 valence electrons. The van der Waals surface area contributed by atoms with Crippen LogP contribution in [0.25, 0.3) is 0 Å². The first-order valence-electron chi connectivity index (χ1n) is 5.75. The van der Waals surface area contributed by atoms with Crippen molar-refractivity contribution in [1.82, 2.24) is 10.6 Å². The fraction of sp³-hybridized carbons (Fsp3) is 0.818. The molecular weight excluding hydrogens is 190 g/mol. The van der Waals surface area contributed by atoms with Crippen molar-refractivity contribution in [3.63, 3.8) is 0 Å². The predicted octanol–water partition coefficient (Wildman–Crippen LogP) is 0.886. The van der Waals surface area contributed by atoms with E-state index >= 15 is 0 Å². The first kappa shape index (κ1) is 10.5. The van der Waals surface area contributed by atoms with Crippen molar-refractivity contribution in [2.24, 2.45) is 16.8 Å². The van der Waals surface area contributed by atoms with Crippen molar-refractivity contribution >= 4 is 11.9 Å². The molecule has 2 fully saturated rings. The highest BCUT2D eigenvalue weighted by Crippen LogP contribution is 2.31. The summed E-state index contributed by atoms with van der Waals surface area (Å²) >= 11 is 0. The van der Waals surface area contributed by atoms with Gasteiger partial charge in [0.15, 0.2) is 5.96 Å². The number of aliphatic imine (C=N–C) groups is 1. The Bertz CT molecular complexity index is 280. The maximum atomic E-state index is 11.7. The van der Waals surface area contributed by atoms with E-state index in [1.54, 1.807) is 7.05 Å². The third-order valence-corrected chi connectivity index (χ3v) is 3.57. The van der Waals surface area contributed by atoms with Gasteiger partial charge >= 0.3 is 0 Å². The normalized spacial score (nSPS) is 38.9. The third-order valence-electron chi connectivity index (χ3n) is 3.57. The average molecular weight is 209 g/mol. The molecule has 15 heavy (non-hydrogen) atoms. The summed E-state index contributed by atoms with van der Waals surface area (Å²) in [5.41, 5.74) is 0. The zero-order chi connectivity index (χ0) is 10.8. The Labute approximate surface area is 90.5 Å². The van der Waals surface area contributed by atoms with Gasteiger partial charge in [-0.3, -0.25) is 15.1 Å². The van der Waals surface area contributed by atoms with Gasteiger partial charge in [0.1, 0.15) is 6.04 Å². The molecule has 1 saturated heterocycles. The molecule has 1 aliphatic heterocycles. The van der Waals surface area contributed by atoms with Gasteiger partial charge in [-0.2, -0.15) is 0 Å². The summed E-state index contributed by atoms with van der Waals surface area (Å²) in [4.78, 5) is 15.6. The molecule has 4 nitrogen and oxygen atoms in total. The lowest BCUT2D eigenvalue weighted by Gasteiger charge is -2.29. The molecule has 0 spiro atoms. The zero-order valence-corrected chi connectivity index (χ0v) is 9.42. The number of carbonyl (C=O) groups excluding carboxylic acids is 1. The third kappa shape index (κ3) is 2.13. The number of amides is 1. The Morgan fingerprint density at radius 1 is 1.27 bits per heavy atom. The van der Waals surface area contributed by atoms with Gasteiger partial charge in [0.05, 0.1) is 0 Å². The predicted molar refractivity (Wildman–Crippen MR) is 59.5 cm³/mol. The summed E-state index contributed by atoms with van der Waals surface area (Å²) in [7, 11) is 1.69. The minimum atomic E-state index is -0.0452. The SMILES string of the molecule is CN=C1NC(=O)C(C2CCC(C)CC2)N1. The van der Waals surface area contributed by atoms with E-state index in [0.717, 1.165) is 18.8 Å². The summed E-state index contributed by atoms with van der Waals surface area (Å²) in [6.45, 7) is 2.29. The van der Waals surface area contributed by atoms with Crippen LogP contribution in [0.1, 0.15) is 32.6 Å². The summed E-state index contributed by atoms with van der Waals surface area (Å²) in [5.74, 6) is 2.03. The van der Waals surface area contributed by atoms with Crippen LogP contribution in [0.5, 0.6) is 0 Å². The van der Waals surface area contributed by atoms with Crippen molar-refractivity contribution in [2.75, 3.05) is 7.05 Å². The van der Waals surface area contributed by atoms with Crippen molar-refractivity contribution in [3.05, 3.63) is 0 Å². The second-order valence-corrected chi connectivity index (χ2v) is 4.70. The number of nitrogens with one attached hydrogen (secondary N) is 2. The minimum Gasteiger partial charge on any atom is -0.344 e. The molecule has 2 N–H and O–H groups in total. The fourth-order valence-corrected chi connectivity index (χ4v) is 2.51. The lowest BCUT2D eigenvalue weighted by atomic mass is 9.79. The highest BCUT2D eigenvalue weighted by atomic mass is 16.2. The molecule has 0 bridgehead atoms. The molecule has 1 saturated carbocycles. The van der Waals surface area contributed by atoms with Crippen molar-refractivity contribution in [3.8, 4) is 0 Å². The van der Waals surface area contributed by atoms with E-state index in [4.69, 9.17) is 0 Å². The maximum absolute atomic E-state index is 11.7. The van der Waals surface area contributed by atoms with Gasteiger partial charge in [-0.05, 0) is 24.7 Å². The number of rotatable bonds is 1. The molecule has 2 aliphatic rings. The van der Waals surface area contributed by atoms with Crippen LogP contribution in [0.2, 0.25) is 0 Å². The molecule has 0 radical (unpaired) electrons. The lowest BCUT2D eigenvalue weighted by molar-refractivity contribution is -0.121. The zero-order valence-electron chi connectivity index (χ0n) is 9.42. The van der Waals surface area contributed by atoms with E-state index < -0.39 is 0 Å². The Balaban J connectivity index is 1.97. The second-order valence-electron chi connectivity index (χ2n) is 4.70. The molecule has 1 atom stereocenters. The number of nitrogens with zero attached hydrogens (tertiary/aromatic N) is 1. The monoisotopic (exact) mass is 209 g/mol. The van der Waals surface area contributed by atoms with Crippen LogP contribution in [-0.4, -0.2) is 25.0 Å². The Morgan fingerprint density at radius 3 is 2.47 bits per heavy atom. The van der Waals surface area contributed by atoms with E-state index in [-0.39, 0.29) is 11.9 Å². The highest BCUT2D eigenvalue weighted by molar-refractivity contribution is 6.06. The molecule has 2 rings (SSSR count). The molecule has 1 aliphatic carbocycles. The Kier molecular flexibility index (Phi) is 2.93. The highest BCUT2D eigenvalue weighted by Gasteiger charge is 2.36. The fourth-order valence-electron chi connectivity index (χ4n) is 2.51. The quantitative estimate of drug-likeness (QED) is 0.673. The van der Waals surface area contributed by atoms with Crippen LogP contribution < -0.4 is 10.6 Å². The van der Waals surface area contributed by atoms with Crippen molar-refractivity contribution in [1.29, 1.82) is 0 Å². The van der Waals surface area contributed by atoms with E-state index in [1.165, 1.54) is 12.8 Å². The van der Waals surface area contributed by atoms with Crippen molar-refractivity contribution < 1.29 is 4.79 Å². The van der Waals surface area contributed by atoms with Crippen LogP contribution in [0.3, 0.4) is 0 Å². The van der Waals surface area contributed by atoms with Crippen LogP contribution >= 0.6 is 0 Å². The van der Waals surface area contributed by atoms with Crippen LogP contribution in [-0.2, 0) is 4.79 Å². The van der Waals surface area contributed by atoms with E-state index in [0.29, 0.717) is 11.9 Å². The Hall–Kier alpha value is -1.06. The summed E-state index contributed by atoms with van der Waals surface area (Å²) in [6.07, 6.45) is 4.80. The molecule has 1 amide bonds. The van der Waals surface area contributed by atoms with Gasteiger partial charge in [0.2, 0.25) is 5.91 Å². The van der Waals surface area contributed by atoms with Crippen LogP contribution in [0.15, 0.2) is 4.99 Å². The molecular formula is C11H19N3O. The standard InChI is InChI=1S/C11H19N3O/c1-7-3-5-8(6-4-7)9-10(15)14-11(12-2)13-9/h7-9H,3-6H2,1-2H3,(H2,12,13,14,15). The first-order chi connectivity index (χ1) is 7.20. The minimum absolute atomic E-state index is 0.0452. The molecule has 1 heterocycles. The molecule has 4 heteroatoms. The second kappa shape index (κ2) is 4.21. The lowest BCUT2D eigenvalue weighted by Crippen LogP contribution is -2.38. The molecule has 0 aromatic rings. The molecule has 1 unspecified atom stereocenters. The Morgan fingerprint density at radius 2 is 1.93 bits per heavy atom. The molecule has 0 aromatic carbocycles. The van der Waals surface area contributed by atoms with E-state index in [1.807, 2.05) is 0 Å². The van der Waals surface area contributed by atoms with E-state index in [2.05, 4.69) is 22.5 Å². The average Bonchev–Trinajstić information content (AvgIpc) is 2.61. The van der Waals surface area contributed by atoms with Gasteiger partial charge in [0.25, 0.3) is 0 Å². The van der Waals surface area contributed by atoms with Gasteiger partial charge in [-0.25, -0.2) is 0 Å². The van der Waals surface area contributed by atoms with Gasteiger partial charge in [-0.1, -0.05) is 19.8 Å². The number of hydrogen-bond donors (Lipinski definition) is 2. The number of carbonyl (C=O) groups is 1. The summed E-state index contributed by atoms with van der Waals surface area (Å²) in [5, 5.41) is 5.93. The first-order valence-corrected chi connectivity index (χ1v) is 5.75.